The Morgan fingerprint density at radius 2 is 2.17 bits per heavy atom. The van der Waals surface area contributed by atoms with Gasteiger partial charge in [0, 0.05) is 38.5 Å². The number of nitrogens with zero attached hydrogens (tertiary/aromatic N) is 2. The van der Waals surface area contributed by atoms with Crippen LogP contribution in [0.3, 0.4) is 0 Å². The minimum absolute atomic E-state index is 0.0143. The molecule has 0 aliphatic carbocycles. The van der Waals surface area contributed by atoms with Crippen molar-refractivity contribution in [2.24, 2.45) is 0 Å². The van der Waals surface area contributed by atoms with Gasteiger partial charge in [-0.25, -0.2) is 4.39 Å². The molecule has 2 saturated heterocycles. The number of rotatable bonds is 10. The first-order chi connectivity index (χ1) is 17.6. The second-order valence-electron chi connectivity index (χ2n) is 10.1. The third-order valence-electron chi connectivity index (χ3n) is 7.51. The first-order valence-electron chi connectivity index (χ1n) is 13.3. The molecule has 7 nitrogen and oxygen atoms in total. The first-order valence-corrected chi connectivity index (χ1v) is 13.3. The summed E-state index contributed by atoms with van der Waals surface area (Å²) in [4.78, 5) is 19.1. The molecule has 1 aromatic carbocycles. The van der Waals surface area contributed by atoms with Crippen LogP contribution in [0.5, 0.6) is 0 Å². The molecule has 5 rings (SSSR count). The van der Waals surface area contributed by atoms with Crippen molar-refractivity contribution in [2.45, 2.75) is 69.6 Å². The third kappa shape index (κ3) is 5.88. The standard InChI is InChI=1S/C28H36FN3O4/c29-19-8-10-22(26-7-4-16-36-26)23(17-19)27(28(33)34)32-14-12-21(18-32)35-15-2-1-5-20-9-11-24-25(31-20)6-3-13-30-24/h8-11,17,21,26-27,30H,1-7,12-16,18H2,(H,33,34)/t21-,26?,27?/m1/s1. The van der Waals surface area contributed by atoms with E-state index < -0.39 is 17.8 Å². The molecule has 2 N–H and O–H groups in total. The van der Waals surface area contributed by atoms with E-state index >= 15 is 0 Å². The lowest BCUT2D eigenvalue weighted by Gasteiger charge is -2.28. The molecule has 2 fully saturated rings. The quantitative estimate of drug-likeness (QED) is 0.462. The number of unbranched alkanes of at least 4 members (excludes halogenated alkanes) is 1. The van der Waals surface area contributed by atoms with Gasteiger partial charge in [-0.15, -0.1) is 0 Å². The summed E-state index contributed by atoms with van der Waals surface area (Å²) >= 11 is 0. The average molecular weight is 498 g/mol. The molecule has 0 bridgehead atoms. The number of aromatic nitrogens is 1. The SMILES string of the molecule is O=C(O)C(c1cc(F)ccc1C1CCCO1)N1CC[C@@H](OCCCCc2ccc3c(n2)CCCN3)C1. The second-order valence-corrected chi connectivity index (χ2v) is 10.1. The number of carbonyl (C=O) groups is 1. The van der Waals surface area contributed by atoms with Crippen molar-refractivity contribution < 1.29 is 23.8 Å². The van der Waals surface area contributed by atoms with Crippen LogP contribution in [0.15, 0.2) is 30.3 Å². The molecule has 0 amide bonds. The van der Waals surface area contributed by atoms with E-state index in [0.717, 1.165) is 69.2 Å². The Kier molecular flexibility index (Phi) is 8.14. The Balaban J connectivity index is 1.12. The summed E-state index contributed by atoms with van der Waals surface area (Å²) in [6.45, 7) is 3.45. The Bertz CT molecular complexity index is 1060. The molecular formula is C28H36FN3O4. The van der Waals surface area contributed by atoms with Crippen molar-refractivity contribution in [2.75, 3.05) is 38.2 Å². The minimum atomic E-state index is -0.965. The van der Waals surface area contributed by atoms with Crippen molar-refractivity contribution in [1.82, 2.24) is 9.88 Å². The normalized spacial score (nSPS) is 22.8. The summed E-state index contributed by atoms with van der Waals surface area (Å²) in [6, 6.07) is 7.80. The first kappa shape index (κ1) is 25.1. The Morgan fingerprint density at radius 3 is 3.00 bits per heavy atom. The van der Waals surface area contributed by atoms with Crippen molar-refractivity contribution in [3.8, 4) is 0 Å². The maximum atomic E-state index is 14.2. The number of pyridine rings is 1. The van der Waals surface area contributed by atoms with Gasteiger partial charge in [0.15, 0.2) is 0 Å². The molecule has 3 aliphatic rings. The van der Waals surface area contributed by atoms with Gasteiger partial charge < -0.3 is 19.9 Å². The summed E-state index contributed by atoms with van der Waals surface area (Å²) in [6.07, 6.45) is 7.38. The number of hydrogen-bond acceptors (Lipinski definition) is 6. The maximum absolute atomic E-state index is 14.2. The number of aliphatic carboxylic acids is 1. The highest BCUT2D eigenvalue weighted by atomic mass is 19.1. The number of halogens is 1. The van der Waals surface area contributed by atoms with Crippen molar-refractivity contribution in [1.29, 1.82) is 0 Å². The lowest BCUT2D eigenvalue weighted by Crippen LogP contribution is -2.34. The van der Waals surface area contributed by atoms with Gasteiger partial charge in [-0.05, 0) is 86.8 Å². The van der Waals surface area contributed by atoms with Crippen molar-refractivity contribution >= 4 is 11.7 Å². The Hall–Kier alpha value is -2.55. The summed E-state index contributed by atoms with van der Waals surface area (Å²) in [5.74, 6) is -1.39. The highest BCUT2D eigenvalue weighted by Gasteiger charge is 2.37. The van der Waals surface area contributed by atoms with Gasteiger partial charge in [-0.1, -0.05) is 6.07 Å². The van der Waals surface area contributed by atoms with Crippen LogP contribution in [-0.4, -0.2) is 59.9 Å². The third-order valence-corrected chi connectivity index (χ3v) is 7.51. The molecule has 3 aliphatic heterocycles. The van der Waals surface area contributed by atoms with Gasteiger partial charge in [-0.3, -0.25) is 14.7 Å². The highest BCUT2D eigenvalue weighted by Crippen LogP contribution is 2.37. The summed E-state index contributed by atoms with van der Waals surface area (Å²) < 4.78 is 26.1. The van der Waals surface area contributed by atoms with E-state index in [2.05, 4.69) is 17.4 Å². The van der Waals surface area contributed by atoms with Crippen molar-refractivity contribution in [3.05, 3.63) is 58.7 Å². The molecule has 0 spiro atoms. The van der Waals surface area contributed by atoms with E-state index in [0.29, 0.717) is 31.9 Å². The lowest BCUT2D eigenvalue weighted by molar-refractivity contribution is -0.143. The van der Waals surface area contributed by atoms with E-state index in [9.17, 15) is 14.3 Å². The summed E-state index contributed by atoms with van der Waals surface area (Å²) in [5, 5.41) is 13.5. The molecule has 1 aromatic heterocycles. The zero-order valence-corrected chi connectivity index (χ0v) is 20.8. The highest BCUT2D eigenvalue weighted by molar-refractivity contribution is 5.76. The Morgan fingerprint density at radius 1 is 1.25 bits per heavy atom. The lowest BCUT2D eigenvalue weighted by atomic mass is 9.94. The minimum Gasteiger partial charge on any atom is -0.480 e. The number of nitrogens with one attached hydrogen (secondary N) is 1. The number of carboxylic acids is 1. The van der Waals surface area contributed by atoms with E-state index in [1.54, 1.807) is 6.07 Å². The molecule has 0 radical (unpaired) electrons. The molecule has 3 atom stereocenters. The fraction of sp³-hybridized carbons (Fsp3) is 0.571. The molecular weight excluding hydrogens is 461 g/mol. The predicted octanol–water partition coefficient (Wildman–Crippen LogP) is 4.67. The second kappa shape index (κ2) is 11.7. The van der Waals surface area contributed by atoms with Crippen LogP contribution in [0.25, 0.3) is 0 Å². The molecule has 0 saturated carbocycles. The number of fused-ring (bicyclic) bond motifs is 1. The fourth-order valence-electron chi connectivity index (χ4n) is 5.68. The number of likely N-dealkylation sites (tertiary alicyclic amines) is 1. The molecule has 194 valence electrons. The number of aryl methyl sites for hydroxylation is 2. The fourth-order valence-corrected chi connectivity index (χ4v) is 5.68. The van der Waals surface area contributed by atoms with Crippen LogP contribution in [-0.2, 0) is 27.1 Å². The number of benzene rings is 1. The van der Waals surface area contributed by atoms with Gasteiger partial charge in [0.2, 0.25) is 0 Å². The van der Waals surface area contributed by atoms with Crippen LogP contribution < -0.4 is 5.32 Å². The number of ether oxygens (including phenoxy) is 2. The summed E-state index contributed by atoms with van der Waals surface area (Å²) in [7, 11) is 0. The van der Waals surface area contributed by atoms with E-state index in [-0.39, 0.29) is 12.2 Å². The monoisotopic (exact) mass is 497 g/mol. The van der Waals surface area contributed by atoms with Crippen LogP contribution in [0.4, 0.5) is 10.1 Å². The summed E-state index contributed by atoms with van der Waals surface area (Å²) in [5.41, 5.74) is 4.76. The number of carboxylic acid groups (broad SMARTS) is 1. The molecule has 2 unspecified atom stereocenters. The van der Waals surface area contributed by atoms with Crippen LogP contribution >= 0.6 is 0 Å². The van der Waals surface area contributed by atoms with Gasteiger partial charge >= 0.3 is 5.97 Å². The molecule has 4 heterocycles. The topological polar surface area (TPSA) is 83.9 Å². The predicted molar refractivity (Wildman–Crippen MR) is 135 cm³/mol. The molecule has 2 aromatic rings. The van der Waals surface area contributed by atoms with E-state index in [4.69, 9.17) is 14.5 Å². The van der Waals surface area contributed by atoms with Gasteiger partial charge in [-0.2, -0.15) is 0 Å². The largest absolute Gasteiger partial charge is 0.480 e. The maximum Gasteiger partial charge on any atom is 0.325 e. The zero-order valence-electron chi connectivity index (χ0n) is 20.8. The van der Waals surface area contributed by atoms with E-state index in [1.165, 1.54) is 23.5 Å². The number of anilines is 1. The molecule has 8 heteroatoms. The van der Waals surface area contributed by atoms with Gasteiger partial charge in [0.1, 0.15) is 11.9 Å². The van der Waals surface area contributed by atoms with Crippen LogP contribution in [0.2, 0.25) is 0 Å². The number of hydrogen-bond donors (Lipinski definition) is 2. The Labute approximate surface area is 212 Å². The van der Waals surface area contributed by atoms with Gasteiger partial charge in [0.05, 0.1) is 23.6 Å². The van der Waals surface area contributed by atoms with Crippen LogP contribution in [0.1, 0.15) is 73.2 Å². The molecule has 36 heavy (non-hydrogen) atoms. The van der Waals surface area contributed by atoms with Crippen molar-refractivity contribution in [3.63, 3.8) is 0 Å². The zero-order chi connectivity index (χ0) is 24.9. The van der Waals surface area contributed by atoms with E-state index in [1.807, 2.05) is 4.90 Å². The van der Waals surface area contributed by atoms with Crippen LogP contribution in [0, 0.1) is 5.82 Å². The smallest absolute Gasteiger partial charge is 0.325 e. The van der Waals surface area contributed by atoms with Gasteiger partial charge in [0.25, 0.3) is 0 Å². The average Bonchev–Trinajstić information content (AvgIpc) is 3.57.